The summed E-state index contributed by atoms with van der Waals surface area (Å²) in [6.07, 6.45) is 0. The first kappa shape index (κ1) is 15.5. The third-order valence-electron chi connectivity index (χ3n) is 3.15. The highest BCUT2D eigenvalue weighted by atomic mass is 32.2. The molecule has 0 saturated heterocycles. The fraction of sp³-hybridized carbons (Fsp3) is 0.357. The lowest BCUT2D eigenvalue weighted by Crippen LogP contribution is -2.34. The van der Waals surface area contributed by atoms with Crippen LogP contribution in [0.25, 0.3) is 0 Å². The monoisotopic (exact) mass is 306 g/mol. The Morgan fingerprint density at radius 2 is 2.00 bits per heavy atom. The van der Waals surface area contributed by atoms with E-state index in [1.807, 2.05) is 14.0 Å². The molecule has 1 aromatic carbocycles. The molecule has 1 unspecified atom stereocenters. The van der Waals surface area contributed by atoms with Crippen molar-refractivity contribution in [3.63, 3.8) is 0 Å². The summed E-state index contributed by atoms with van der Waals surface area (Å²) in [5.74, 6) is 0.700. The molecule has 0 bridgehead atoms. The lowest BCUT2D eigenvalue weighted by atomic mass is 10.1. The summed E-state index contributed by atoms with van der Waals surface area (Å²) >= 11 is 1.42. The van der Waals surface area contributed by atoms with Crippen molar-refractivity contribution in [2.75, 3.05) is 12.8 Å². The van der Waals surface area contributed by atoms with Gasteiger partial charge in [0.1, 0.15) is 0 Å². The van der Waals surface area contributed by atoms with Crippen LogP contribution >= 0.6 is 11.8 Å². The summed E-state index contributed by atoms with van der Waals surface area (Å²) in [7, 11) is 3.56. The minimum Gasteiger partial charge on any atom is -0.312 e. The van der Waals surface area contributed by atoms with Gasteiger partial charge in [-0.15, -0.1) is 0 Å². The Labute approximate surface area is 126 Å². The second-order valence-corrected chi connectivity index (χ2v) is 5.75. The lowest BCUT2D eigenvalue weighted by Gasteiger charge is -2.16. The zero-order valence-corrected chi connectivity index (χ0v) is 13.0. The zero-order valence-electron chi connectivity index (χ0n) is 12.2. The number of aromatic amines is 1. The van der Waals surface area contributed by atoms with Crippen molar-refractivity contribution in [1.29, 1.82) is 0 Å². The molecule has 0 aliphatic carbocycles. The molecular weight excluding hydrogens is 288 g/mol. The molecule has 21 heavy (non-hydrogen) atoms. The van der Waals surface area contributed by atoms with Crippen LogP contribution in [-0.2, 0) is 7.05 Å². The van der Waals surface area contributed by atoms with Crippen LogP contribution in [0, 0.1) is 6.92 Å². The number of hydrogen-bond acceptors (Lipinski definition) is 5. The van der Waals surface area contributed by atoms with E-state index in [0.29, 0.717) is 10.9 Å². The van der Waals surface area contributed by atoms with Crippen LogP contribution in [0.5, 0.6) is 0 Å². The van der Waals surface area contributed by atoms with E-state index in [4.69, 9.17) is 0 Å². The number of nitrogens with one attached hydrogen (secondary N) is 2. The van der Waals surface area contributed by atoms with Crippen LogP contribution in [-0.4, -0.2) is 27.6 Å². The molecule has 0 saturated carbocycles. The van der Waals surface area contributed by atoms with Crippen LogP contribution in [0.1, 0.15) is 17.2 Å². The van der Waals surface area contributed by atoms with Crippen molar-refractivity contribution >= 4 is 11.8 Å². The normalized spacial score (nSPS) is 12.3. The molecule has 7 heteroatoms. The highest BCUT2D eigenvalue weighted by molar-refractivity contribution is 7.99. The van der Waals surface area contributed by atoms with Gasteiger partial charge in [0.2, 0.25) is 0 Å². The van der Waals surface area contributed by atoms with E-state index in [1.165, 1.54) is 27.6 Å². The summed E-state index contributed by atoms with van der Waals surface area (Å²) in [5.41, 5.74) is 0.925. The number of rotatable bonds is 5. The Morgan fingerprint density at radius 1 is 1.33 bits per heavy atom. The topological polar surface area (TPSA) is 79.8 Å². The summed E-state index contributed by atoms with van der Waals surface area (Å²) in [6.45, 7) is 2.05. The highest BCUT2D eigenvalue weighted by Gasteiger charge is 2.12. The smallest absolute Gasteiger partial charge is 0.312 e. The molecule has 2 N–H and O–H groups in total. The average molecular weight is 306 g/mol. The maximum atomic E-state index is 11.3. The Hall–Kier alpha value is -1.86. The molecule has 0 fully saturated rings. The van der Waals surface area contributed by atoms with Crippen molar-refractivity contribution in [2.45, 2.75) is 18.1 Å². The zero-order chi connectivity index (χ0) is 15.4. The van der Waals surface area contributed by atoms with Gasteiger partial charge in [-0.25, -0.2) is 0 Å². The van der Waals surface area contributed by atoms with Gasteiger partial charge in [0.05, 0.1) is 0 Å². The molecule has 0 aliphatic heterocycles. The fourth-order valence-corrected chi connectivity index (χ4v) is 2.95. The molecule has 1 heterocycles. The van der Waals surface area contributed by atoms with Crippen molar-refractivity contribution in [1.82, 2.24) is 20.1 Å². The molecule has 1 atom stereocenters. The van der Waals surface area contributed by atoms with Crippen molar-refractivity contribution < 1.29 is 0 Å². The van der Waals surface area contributed by atoms with Gasteiger partial charge in [0.25, 0.3) is 0 Å². The fourth-order valence-electron chi connectivity index (χ4n) is 1.89. The Morgan fingerprint density at radius 3 is 2.62 bits per heavy atom. The van der Waals surface area contributed by atoms with Crippen LogP contribution in [0.2, 0.25) is 0 Å². The van der Waals surface area contributed by atoms with Gasteiger partial charge < -0.3 is 5.32 Å². The minimum absolute atomic E-state index is 0.138. The molecule has 2 aromatic rings. The lowest BCUT2D eigenvalue weighted by molar-refractivity contribution is 0.593. The molecule has 0 spiro atoms. The number of H-pyrrole nitrogens is 1. The first-order valence-corrected chi connectivity index (χ1v) is 7.54. The second kappa shape index (κ2) is 6.73. The van der Waals surface area contributed by atoms with Gasteiger partial charge in [0.15, 0.2) is 5.16 Å². The largest absolute Gasteiger partial charge is 0.339 e. The summed E-state index contributed by atoms with van der Waals surface area (Å²) in [4.78, 5) is 26.3. The number of thioether (sulfide) groups is 1. The van der Waals surface area contributed by atoms with Crippen LogP contribution in [0.4, 0.5) is 0 Å². The molecule has 6 nitrogen and oxygen atoms in total. The number of benzene rings is 1. The van der Waals surface area contributed by atoms with E-state index in [1.54, 1.807) is 7.05 Å². The van der Waals surface area contributed by atoms with Crippen LogP contribution < -0.4 is 16.4 Å². The molecule has 112 valence electrons. The van der Waals surface area contributed by atoms with Crippen molar-refractivity contribution in [3.8, 4) is 0 Å². The molecule has 2 rings (SSSR count). The standard InChI is InChI=1S/C14H18N4O2S/c1-9-4-6-10(7-5-9)11(15-2)8-21-14-16-12(19)13(20)17-18(14)3/h4-7,11,15H,8H2,1-3H3,(H,17,20). The first-order valence-electron chi connectivity index (χ1n) is 6.55. The SMILES string of the molecule is CNC(CSc1nc(=O)c(=O)[nH]n1C)c1ccc(C)cc1. The predicted molar refractivity (Wildman–Crippen MR) is 83.8 cm³/mol. The van der Waals surface area contributed by atoms with E-state index >= 15 is 0 Å². The average Bonchev–Trinajstić information content (AvgIpc) is 2.46. The summed E-state index contributed by atoms with van der Waals surface area (Å²) < 4.78 is 1.47. The molecule has 0 amide bonds. The van der Waals surface area contributed by atoms with Gasteiger partial charge in [-0.2, -0.15) is 4.98 Å². The van der Waals surface area contributed by atoms with Crippen molar-refractivity contribution in [3.05, 3.63) is 56.1 Å². The first-order chi connectivity index (χ1) is 10.0. The third kappa shape index (κ3) is 3.83. The molecule has 1 aromatic heterocycles. The van der Waals surface area contributed by atoms with E-state index in [2.05, 4.69) is 39.7 Å². The van der Waals surface area contributed by atoms with Gasteiger partial charge in [-0.3, -0.25) is 19.4 Å². The van der Waals surface area contributed by atoms with Gasteiger partial charge >= 0.3 is 11.1 Å². The van der Waals surface area contributed by atoms with Gasteiger partial charge in [0, 0.05) is 18.8 Å². The van der Waals surface area contributed by atoms with Crippen LogP contribution in [0.3, 0.4) is 0 Å². The maximum absolute atomic E-state index is 11.3. The molecule has 0 aliphatic rings. The number of aryl methyl sites for hydroxylation is 2. The Bertz CT molecular complexity index is 721. The molecular formula is C14H18N4O2S. The predicted octanol–water partition coefficient (Wildman–Crippen LogP) is 0.830. The number of hydrogen-bond donors (Lipinski definition) is 2. The third-order valence-corrected chi connectivity index (χ3v) is 4.28. The quantitative estimate of drug-likeness (QED) is 0.632. The number of aromatic nitrogens is 3. The Kier molecular flexibility index (Phi) is 4.98. The summed E-state index contributed by atoms with van der Waals surface area (Å²) in [6, 6.07) is 8.43. The van der Waals surface area contributed by atoms with Gasteiger partial charge in [-0.05, 0) is 19.5 Å². The minimum atomic E-state index is -0.757. The van der Waals surface area contributed by atoms with E-state index < -0.39 is 11.1 Å². The maximum Gasteiger partial charge on any atom is 0.339 e. The van der Waals surface area contributed by atoms with Gasteiger partial charge in [-0.1, -0.05) is 41.6 Å². The number of nitrogens with zero attached hydrogens (tertiary/aromatic N) is 2. The molecule has 0 radical (unpaired) electrons. The Balaban J connectivity index is 2.14. The summed E-state index contributed by atoms with van der Waals surface area (Å²) in [5, 5.41) is 6.18. The van der Waals surface area contributed by atoms with E-state index in [-0.39, 0.29) is 6.04 Å². The van der Waals surface area contributed by atoms with E-state index in [9.17, 15) is 9.59 Å². The highest BCUT2D eigenvalue weighted by Crippen LogP contribution is 2.22. The van der Waals surface area contributed by atoms with Crippen LogP contribution in [0.15, 0.2) is 39.0 Å². The van der Waals surface area contributed by atoms with E-state index in [0.717, 1.165) is 0 Å². The second-order valence-electron chi connectivity index (χ2n) is 4.76. The van der Waals surface area contributed by atoms with Crippen molar-refractivity contribution in [2.24, 2.45) is 7.05 Å².